The molecule has 8 nitrogen and oxygen atoms in total. The second-order valence-electron chi connectivity index (χ2n) is 8.74. The number of hydrogen-bond acceptors (Lipinski definition) is 5. The van der Waals surface area contributed by atoms with Crippen LogP contribution in [0.25, 0.3) is 0 Å². The van der Waals surface area contributed by atoms with Gasteiger partial charge < -0.3 is 20.9 Å². The van der Waals surface area contributed by atoms with Crippen LogP contribution in [0.1, 0.15) is 48.0 Å². The lowest BCUT2D eigenvalue weighted by molar-refractivity contribution is -0.605. The molecule has 1 aromatic heterocycles. The topological polar surface area (TPSA) is 122 Å². The molecule has 1 fully saturated rings. The van der Waals surface area contributed by atoms with E-state index in [0.29, 0.717) is 34.5 Å². The smallest absolute Gasteiger partial charge is 0.326 e. The van der Waals surface area contributed by atoms with Gasteiger partial charge in [0.05, 0.1) is 11.0 Å². The Morgan fingerprint density at radius 1 is 1.06 bits per heavy atom. The van der Waals surface area contributed by atoms with E-state index >= 15 is 0 Å². The molecule has 1 atom stereocenters. The van der Waals surface area contributed by atoms with Crippen molar-refractivity contribution in [3.8, 4) is 0 Å². The van der Waals surface area contributed by atoms with Crippen LogP contribution in [-0.2, 0) is 16.0 Å². The molecule has 35 heavy (non-hydrogen) atoms. The molecular weight excluding hydrogens is 517 g/mol. The number of amides is 1. The molecule has 0 saturated heterocycles. The van der Waals surface area contributed by atoms with Crippen molar-refractivity contribution in [1.29, 1.82) is 0 Å². The van der Waals surface area contributed by atoms with E-state index in [4.69, 9.17) is 34.8 Å². The van der Waals surface area contributed by atoms with E-state index in [1.807, 2.05) is 0 Å². The molecule has 1 heterocycles. The Bertz CT molecular complexity index is 1200. The SMILES string of the molecule is O=C(Nc1ccc(C[C@H](NC2=C(Cl)C(=O)C23CCCCC3)C(=O)O)cc1)c1c(Cl)c[n+]([O-])cc1Cl. The van der Waals surface area contributed by atoms with Gasteiger partial charge >= 0.3 is 5.97 Å². The highest BCUT2D eigenvalue weighted by Gasteiger charge is 2.54. The third-order valence-corrected chi connectivity index (χ3v) is 7.43. The number of Topliss-reactive ketones (excluding diaryl/α,β-unsaturated/α-hetero) is 1. The van der Waals surface area contributed by atoms with Crippen molar-refractivity contribution in [3.63, 3.8) is 0 Å². The standard InChI is InChI=1S/C24H22Cl3N3O5/c25-15-11-30(35)12-16(26)18(15)22(32)28-14-6-4-13(5-7-14)10-17(23(33)34)29-20-19(27)21(31)24(20)8-2-1-3-9-24/h4-7,11-12,17,29H,1-3,8-10H2,(H,28,32)(H,33,34)/t17-/m0/s1. The predicted molar refractivity (Wildman–Crippen MR) is 131 cm³/mol. The second-order valence-corrected chi connectivity index (χ2v) is 9.93. The number of halogens is 3. The van der Waals surface area contributed by atoms with Gasteiger partial charge in [0.15, 0.2) is 18.2 Å². The predicted octanol–water partition coefficient (Wildman–Crippen LogP) is 4.45. The normalized spacial score (nSPS) is 17.6. The highest BCUT2D eigenvalue weighted by Crippen LogP contribution is 2.52. The summed E-state index contributed by atoms with van der Waals surface area (Å²) in [6.45, 7) is 0. The minimum absolute atomic E-state index is 0.0310. The monoisotopic (exact) mass is 537 g/mol. The number of nitrogens with zero attached hydrogens (tertiary/aromatic N) is 1. The Hall–Kier alpha value is -2.81. The van der Waals surface area contributed by atoms with Gasteiger partial charge in [-0.05, 0) is 30.5 Å². The van der Waals surface area contributed by atoms with Crippen LogP contribution in [0, 0.1) is 10.6 Å². The number of benzene rings is 1. The van der Waals surface area contributed by atoms with Crippen molar-refractivity contribution in [2.75, 3.05) is 5.32 Å². The van der Waals surface area contributed by atoms with Crippen LogP contribution < -0.4 is 15.4 Å². The van der Waals surface area contributed by atoms with E-state index in [0.717, 1.165) is 31.7 Å². The summed E-state index contributed by atoms with van der Waals surface area (Å²) in [5.74, 6) is -1.75. The molecule has 1 spiro atoms. The van der Waals surface area contributed by atoms with Crippen LogP contribution in [0.4, 0.5) is 5.69 Å². The minimum Gasteiger partial charge on any atom is -0.619 e. The van der Waals surface area contributed by atoms with E-state index in [9.17, 15) is 24.7 Å². The number of rotatable bonds is 7. The Morgan fingerprint density at radius 2 is 1.66 bits per heavy atom. The van der Waals surface area contributed by atoms with Crippen molar-refractivity contribution in [2.24, 2.45) is 5.41 Å². The first-order valence-electron chi connectivity index (χ1n) is 11.0. The summed E-state index contributed by atoms with van der Waals surface area (Å²) in [5, 5.41) is 26.8. The number of ketones is 1. The number of nitrogens with one attached hydrogen (secondary N) is 2. The van der Waals surface area contributed by atoms with Gasteiger partial charge in [-0.2, -0.15) is 4.73 Å². The molecule has 3 N–H and O–H groups in total. The summed E-state index contributed by atoms with van der Waals surface area (Å²) in [5.41, 5.74) is 0.961. The van der Waals surface area contributed by atoms with Gasteiger partial charge in [-0.1, -0.05) is 66.2 Å². The van der Waals surface area contributed by atoms with E-state index in [1.54, 1.807) is 24.3 Å². The number of carbonyl (C=O) groups is 3. The molecule has 0 bridgehead atoms. The number of aliphatic carboxylic acids is 1. The maximum absolute atomic E-state index is 12.6. The molecule has 1 aromatic carbocycles. The quantitative estimate of drug-likeness (QED) is 0.354. The van der Waals surface area contributed by atoms with Crippen molar-refractivity contribution < 1.29 is 24.2 Å². The average molecular weight is 539 g/mol. The van der Waals surface area contributed by atoms with Crippen LogP contribution >= 0.6 is 34.8 Å². The van der Waals surface area contributed by atoms with Crippen molar-refractivity contribution >= 4 is 58.1 Å². The number of pyridine rings is 1. The molecule has 11 heteroatoms. The second kappa shape index (κ2) is 10.0. The molecule has 1 saturated carbocycles. The molecule has 4 rings (SSSR count). The molecule has 0 aliphatic heterocycles. The van der Waals surface area contributed by atoms with Crippen LogP contribution in [-0.4, -0.2) is 28.8 Å². The van der Waals surface area contributed by atoms with Crippen molar-refractivity contribution in [2.45, 2.75) is 44.6 Å². The Labute approximate surface area is 216 Å². The first-order chi connectivity index (χ1) is 16.6. The highest BCUT2D eigenvalue weighted by atomic mass is 35.5. The first-order valence-corrected chi connectivity index (χ1v) is 12.2. The molecule has 2 aromatic rings. The first kappa shape index (κ1) is 25.3. The van der Waals surface area contributed by atoms with Crippen molar-refractivity contribution in [3.05, 3.63) is 73.8 Å². The van der Waals surface area contributed by atoms with Gasteiger partial charge in [0.25, 0.3) is 5.91 Å². The lowest BCUT2D eigenvalue weighted by Crippen LogP contribution is -2.53. The maximum Gasteiger partial charge on any atom is 0.326 e. The van der Waals surface area contributed by atoms with Gasteiger partial charge in [0, 0.05) is 17.8 Å². The lowest BCUT2D eigenvalue weighted by atomic mass is 9.62. The number of aromatic nitrogens is 1. The zero-order valence-corrected chi connectivity index (χ0v) is 20.7. The van der Waals surface area contributed by atoms with Gasteiger partial charge in [-0.3, -0.25) is 9.59 Å². The van der Waals surface area contributed by atoms with Crippen LogP contribution in [0.3, 0.4) is 0 Å². The number of carbonyl (C=O) groups excluding carboxylic acids is 2. The number of anilines is 1. The largest absolute Gasteiger partial charge is 0.619 e. The number of carboxylic acids is 1. The minimum atomic E-state index is -1.06. The molecule has 0 unspecified atom stereocenters. The summed E-state index contributed by atoms with van der Waals surface area (Å²) < 4.78 is 0.405. The molecule has 2 aliphatic carbocycles. The van der Waals surface area contributed by atoms with Gasteiger partial charge in [-0.15, -0.1) is 0 Å². The van der Waals surface area contributed by atoms with E-state index in [2.05, 4.69) is 10.6 Å². The summed E-state index contributed by atoms with van der Waals surface area (Å²) in [4.78, 5) is 37.0. The maximum atomic E-state index is 12.6. The summed E-state index contributed by atoms with van der Waals surface area (Å²) in [7, 11) is 0. The summed E-state index contributed by atoms with van der Waals surface area (Å²) in [6, 6.07) is 5.63. The highest BCUT2D eigenvalue weighted by molar-refractivity contribution is 6.47. The Morgan fingerprint density at radius 3 is 2.23 bits per heavy atom. The fourth-order valence-corrected chi connectivity index (χ4v) is 5.70. The number of carboxylic acid groups (broad SMARTS) is 1. The van der Waals surface area contributed by atoms with Crippen molar-refractivity contribution in [1.82, 2.24) is 5.32 Å². The van der Waals surface area contributed by atoms with Gasteiger partial charge in [0.1, 0.15) is 21.1 Å². The van der Waals surface area contributed by atoms with Gasteiger partial charge in [0.2, 0.25) is 0 Å². The average Bonchev–Trinajstić information content (AvgIpc) is 2.82. The fraction of sp³-hybridized carbons (Fsp3) is 0.333. The fourth-order valence-electron chi connectivity index (χ4n) is 4.67. The van der Waals surface area contributed by atoms with E-state index in [-0.39, 0.29) is 32.8 Å². The number of allylic oxidation sites excluding steroid dienone is 2. The zero-order chi connectivity index (χ0) is 25.3. The summed E-state index contributed by atoms with van der Waals surface area (Å²) in [6.07, 6.45) is 6.40. The van der Waals surface area contributed by atoms with E-state index in [1.165, 1.54) is 0 Å². The number of hydrogen-bond donors (Lipinski definition) is 3. The van der Waals surface area contributed by atoms with Crippen LogP contribution in [0.15, 0.2) is 47.4 Å². The molecule has 0 radical (unpaired) electrons. The molecule has 2 aliphatic rings. The molecule has 184 valence electrons. The van der Waals surface area contributed by atoms with Crippen LogP contribution in [0.2, 0.25) is 10.0 Å². The van der Waals surface area contributed by atoms with Crippen LogP contribution in [0.5, 0.6) is 0 Å². The summed E-state index contributed by atoms with van der Waals surface area (Å²) >= 11 is 18.1. The van der Waals surface area contributed by atoms with Gasteiger partial charge in [-0.25, -0.2) is 4.79 Å². The Balaban J connectivity index is 1.45. The third kappa shape index (κ3) is 4.96. The lowest BCUT2D eigenvalue weighted by Gasteiger charge is -2.45. The molecule has 1 amide bonds. The zero-order valence-electron chi connectivity index (χ0n) is 18.4. The van der Waals surface area contributed by atoms with E-state index < -0.39 is 23.3 Å². The third-order valence-electron chi connectivity index (χ3n) is 6.49. The Kier molecular flexibility index (Phi) is 7.26. The molecular formula is C24H22Cl3N3O5.